The number of likely N-dealkylation sites (tertiary alicyclic amines) is 1. The molecule has 11 heteroatoms. The van der Waals surface area contributed by atoms with E-state index < -0.39 is 40.7 Å². The lowest BCUT2D eigenvalue weighted by molar-refractivity contribution is -0.376. The van der Waals surface area contributed by atoms with Gasteiger partial charge in [0.05, 0.1) is 5.92 Å². The summed E-state index contributed by atoms with van der Waals surface area (Å²) in [5.74, 6) is -1.28. The summed E-state index contributed by atoms with van der Waals surface area (Å²) in [6, 6.07) is 9.13. The molecule has 36 heavy (non-hydrogen) atoms. The van der Waals surface area contributed by atoms with Gasteiger partial charge in [-0.3, -0.25) is 4.79 Å². The molecule has 0 saturated carbocycles. The van der Waals surface area contributed by atoms with Crippen molar-refractivity contribution in [2.75, 3.05) is 26.2 Å². The van der Waals surface area contributed by atoms with E-state index in [-0.39, 0.29) is 24.9 Å². The van der Waals surface area contributed by atoms with E-state index >= 15 is 0 Å². The Morgan fingerprint density at radius 3 is 2.08 bits per heavy atom. The van der Waals surface area contributed by atoms with Crippen LogP contribution in [-0.4, -0.2) is 54.4 Å². The monoisotopic (exact) mass is 518 g/mol. The molecule has 3 atom stereocenters. The first-order valence-electron chi connectivity index (χ1n) is 11.4. The van der Waals surface area contributed by atoms with Gasteiger partial charge in [-0.25, -0.2) is 4.39 Å². The average Bonchev–Trinajstić information content (AvgIpc) is 3.46. The van der Waals surface area contributed by atoms with Gasteiger partial charge < -0.3 is 15.3 Å². The first-order valence-corrected chi connectivity index (χ1v) is 11.4. The molecule has 0 radical (unpaired) electrons. The van der Waals surface area contributed by atoms with Crippen LogP contribution in [0.2, 0.25) is 0 Å². The zero-order chi connectivity index (χ0) is 26.5. The van der Waals surface area contributed by atoms with Crippen molar-refractivity contribution in [1.29, 1.82) is 0 Å². The van der Waals surface area contributed by atoms with Crippen molar-refractivity contribution < 1.29 is 40.6 Å². The van der Waals surface area contributed by atoms with Crippen molar-refractivity contribution >= 4 is 5.91 Å². The lowest BCUT2D eigenvalue weighted by Crippen LogP contribution is -2.53. The SMILES string of the molecule is C[C@]1(c2ccc(F)cc2)CN(C(=O)C2CCNC2)C[C@H]1c1ccc(C(O)(C(F)(F)F)C(F)(F)F)cc1. The summed E-state index contributed by atoms with van der Waals surface area (Å²) in [6.45, 7) is 3.49. The Labute approximate surface area is 203 Å². The zero-order valence-electron chi connectivity index (χ0n) is 19.3. The third kappa shape index (κ3) is 4.36. The van der Waals surface area contributed by atoms with Crippen LogP contribution in [0.25, 0.3) is 0 Å². The minimum Gasteiger partial charge on any atom is -0.369 e. The Morgan fingerprint density at radius 2 is 1.58 bits per heavy atom. The molecule has 2 aliphatic heterocycles. The van der Waals surface area contributed by atoms with Gasteiger partial charge in [-0.1, -0.05) is 43.3 Å². The molecule has 2 fully saturated rings. The minimum atomic E-state index is -5.98. The quantitative estimate of drug-likeness (QED) is 0.581. The first kappa shape index (κ1) is 26.4. The smallest absolute Gasteiger partial charge is 0.369 e. The molecule has 0 aliphatic carbocycles. The number of nitrogens with zero attached hydrogens (tertiary/aromatic N) is 1. The second-order valence-corrected chi connectivity index (χ2v) is 9.71. The van der Waals surface area contributed by atoms with E-state index in [2.05, 4.69) is 5.32 Å². The first-order chi connectivity index (χ1) is 16.7. The van der Waals surface area contributed by atoms with E-state index in [0.717, 1.165) is 12.1 Å². The average molecular weight is 518 g/mol. The standard InChI is InChI=1S/C25H25F7N2O2/c1-22(17-6-8-19(26)9-7-17)14-34(21(35)16-10-11-33-12-16)13-20(22)15-2-4-18(5-3-15)23(36,24(27,28)29)25(30,31)32/h2-9,16,20,33,36H,10-14H2,1H3/t16?,20-,22+/m0/s1. The molecule has 0 spiro atoms. The zero-order valence-corrected chi connectivity index (χ0v) is 19.3. The maximum Gasteiger partial charge on any atom is 0.430 e. The molecule has 2 aromatic rings. The van der Waals surface area contributed by atoms with Gasteiger partial charge >= 0.3 is 12.4 Å². The number of nitrogens with one attached hydrogen (secondary N) is 1. The molecule has 0 aromatic heterocycles. The number of benzene rings is 2. The van der Waals surface area contributed by atoms with Gasteiger partial charge in [0.2, 0.25) is 5.91 Å². The van der Waals surface area contributed by atoms with Gasteiger partial charge in [0, 0.05) is 36.5 Å². The summed E-state index contributed by atoms with van der Waals surface area (Å²) in [5.41, 5.74) is -6.08. The molecule has 2 heterocycles. The lowest BCUT2D eigenvalue weighted by Gasteiger charge is -2.34. The van der Waals surface area contributed by atoms with Crippen LogP contribution in [0, 0.1) is 11.7 Å². The van der Waals surface area contributed by atoms with E-state index in [4.69, 9.17) is 0 Å². The van der Waals surface area contributed by atoms with Crippen LogP contribution in [0.3, 0.4) is 0 Å². The van der Waals surface area contributed by atoms with Gasteiger partial charge in [-0.15, -0.1) is 0 Å². The van der Waals surface area contributed by atoms with Crippen molar-refractivity contribution in [3.05, 3.63) is 71.0 Å². The molecule has 4 rings (SSSR count). The molecule has 1 unspecified atom stereocenters. The van der Waals surface area contributed by atoms with Gasteiger partial charge in [0.1, 0.15) is 5.82 Å². The van der Waals surface area contributed by atoms with Gasteiger partial charge in [0.25, 0.3) is 5.60 Å². The minimum absolute atomic E-state index is 0.0871. The number of hydrogen-bond acceptors (Lipinski definition) is 3. The van der Waals surface area contributed by atoms with Crippen LogP contribution in [-0.2, 0) is 15.8 Å². The van der Waals surface area contributed by atoms with E-state index in [1.165, 1.54) is 12.1 Å². The summed E-state index contributed by atoms with van der Waals surface area (Å²) < 4.78 is 93.4. The number of hydrogen-bond donors (Lipinski definition) is 2. The normalized spacial score (nSPS) is 25.4. The highest BCUT2D eigenvalue weighted by Crippen LogP contribution is 2.51. The highest BCUT2D eigenvalue weighted by atomic mass is 19.4. The second kappa shape index (κ2) is 9.02. The Morgan fingerprint density at radius 1 is 1.00 bits per heavy atom. The maximum absolute atomic E-state index is 13.6. The van der Waals surface area contributed by atoms with Crippen LogP contribution in [0.15, 0.2) is 48.5 Å². The van der Waals surface area contributed by atoms with Gasteiger partial charge in [-0.05, 0) is 36.2 Å². The molecule has 196 valence electrons. The van der Waals surface area contributed by atoms with E-state index in [0.29, 0.717) is 42.8 Å². The van der Waals surface area contributed by atoms with E-state index in [1.807, 2.05) is 6.92 Å². The van der Waals surface area contributed by atoms with E-state index in [1.54, 1.807) is 17.0 Å². The highest BCUT2D eigenvalue weighted by Gasteiger charge is 2.71. The number of halogens is 7. The summed E-state index contributed by atoms with van der Waals surface area (Å²) in [4.78, 5) is 14.8. The van der Waals surface area contributed by atoms with Crippen molar-refractivity contribution in [1.82, 2.24) is 10.2 Å². The number of carbonyl (C=O) groups is 1. The predicted octanol–water partition coefficient (Wildman–Crippen LogP) is 4.63. The highest BCUT2D eigenvalue weighted by molar-refractivity contribution is 5.80. The topological polar surface area (TPSA) is 52.6 Å². The molecular weight excluding hydrogens is 493 g/mol. The fraction of sp³-hybridized carbons (Fsp3) is 0.480. The summed E-state index contributed by atoms with van der Waals surface area (Å²) in [6.07, 6.45) is -11.3. The number of amides is 1. The van der Waals surface area contributed by atoms with Crippen molar-refractivity contribution in [3.63, 3.8) is 0 Å². The summed E-state index contributed by atoms with van der Waals surface area (Å²) in [5, 5.41) is 12.8. The predicted molar refractivity (Wildman–Crippen MR) is 116 cm³/mol. The molecule has 2 N–H and O–H groups in total. The third-order valence-corrected chi connectivity index (χ3v) is 7.47. The Bertz CT molecular complexity index is 1080. The Kier molecular flexibility index (Phi) is 6.62. The van der Waals surface area contributed by atoms with Crippen LogP contribution in [0.4, 0.5) is 30.7 Å². The summed E-state index contributed by atoms with van der Waals surface area (Å²) >= 11 is 0. The van der Waals surface area contributed by atoms with Crippen molar-refractivity contribution in [2.24, 2.45) is 5.92 Å². The molecule has 1 amide bonds. The van der Waals surface area contributed by atoms with Crippen LogP contribution < -0.4 is 5.32 Å². The van der Waals surface area contributed by atoms with Gasteiger partial charge in [0.15, 0.2) is 0 Å². The molecule has 4 nitrogen and oxygen atoms in total. The fourth-order valence-electron chi connectivity index (χ4n) is 5.33. The number of carbonyl (C=O) groups excluding carboxylic acids is 1. The van der Waals surface area contributed by atoms with Crippen LogP contribution >= 0.6 is 0 Å². The Balaban J connectivity index is 1.72. The molecular formula is C25H25F7N2O2. The maximum atomic E-state index is 13.6. The number of aliphatic hydroxyl groups is 1. The second-order valence-electron chi connectivity index (χ2n) is 9.71. The van der Waals surface area contributed by atoms with Gasteiger partial charge in [-0.2, -0.15) is 26.3 Å². The number of rotatable bonds is 4. The van der Waals surface area contributed by atoms with Crippen molar-refractivity contribution in [3.8, 4) is 0 Å². The molecule has 2 saturated heterocycles. The third-order valence-electron chi connectivity index (χ3n) is 7.47. The van der Waals surface area contributed by atoms with Crippen molar-refractivity contribution in [2.45, 2.75) is 42.6 Å². The van der Waals surface area contributed by atoms with Crippen LogP contribution in [0.5, 0.6) is 0 Å². The lowest BCUT2D eigenvalue weighted by atomic mass is 9.71. The largest absolute Gasteiger partial charge is 0.430 e. The van der Waals surface area contributed by atoms with E-state index in [9.17, 15) is 40.6 Å². The summed E-state index contributed by atoms with van der Waals surface area (Å²) in [7, 11) is 0. The molecule has 0 bridgehead atoms. The molecule has 2 aliphatic rings. The van der Waals surface area contributed by atoms with Crippen LogP contribution in [0.1, 0.15) is 36.0 Å². The molecule has 2 aromatic carbocycles. The Hall–Kier alpha value is -2.66. The fourth-order valence-corrected chi connectivity index (χ4v) is 5.33. The number of alkyl halides is 6.